The van der Waals surface area contributed by atoms with E-state index in [1.54, 1.807) is 6.07 Å². The number of aryl methyl sites for hydroxylation is 1. The number of hydrogen-bond acceptors (Lipinski definition) is 5. The van der Waals surface area contributed by atoms with Gasteiger partial charge >= 0.3 is 0 Å². The number of anilines is 1. The molecule has 0 aromatic carbocycles. The van der Waals surface area contributed by atoms with Crippen molar-refractivity contribution in [3.8, 4) is 6.07 Å². The van der Waals surface area contributed by atoms with Crippen LogP contribution in [0.4, 0.5) is 5.82 Å². The molecule has 0 bridgehead atoms. The summed E-state index contributed by atoms with van der Waals surface area (Å²) in [6.07, 6.45) is 0. The van der Waals surface area contributed by atoms with Crippen molar-refractivity contribution in [3.05, 3.63) is 23.4 Å². The monoisotopic (exact) mass is 387 g/mol. The highest BCUT2D eigenvalue weighted by atomic mass is 35.5. The van der Waals surface area contributed by atoms with E-state index in [0.717, 1.165) is 5.69 Å². The van der Waals surface area contributed by atoms with Crippen molar-refractivity contribution in [1.82, 2.24) is 14.0 Å². The van der Waals surface area contributed by atoms with Gasteiger partial charge < -0.3 is 4.90 Å². The molecule has 1 aromatic heterocycles. The first kappa shape index (κ1) is 21.6. The molecule has 1 fully saturated rings. The summed E-state index contributed by atoms with van der Waals surface area (Å²) in [7, 11) is -0.488. The fourth-order valence-corrected chi connectivity index (χ4v) is 3.81. The summed E-state index contributed by atoms with van der Waals surface area (Å²) in [5.41, 5.74) is 1.35. The predicted octanol–water partition coefficient (Wildman–Crippen LogP) is 1.54. The maximum atomic E-state index is 12.2. The highest BCUT2D eigenvalue weighted by Gasteiger charge is 2.38. The van der Waals surface area contributed by atoms with E-state index in [1.165, 1.54) is 18.4 Å². The molecule has 0 spiro atoms. The van der Waals surface area contributed by atoms with Gasteiger partial charge in [-0.25, -0.2) is 4.98 Å². The van der Waals surface area contributed by atoms with Gasteiger partial charge in [0.25, 0.3) is 10.2 Å². The molecule has 2 rings (SSSR count). The van der Waals surface area contributed by atoms with E-state index in [2.05, 4.69) is 29.6 Å². The summed E-state index contributed by atoms with van der Waals surface area (Å²) in [5.74, 6) is 1.09. The SMILES string of the molecule is Cc1ccc(C#N)c(N2C[C@H](NS(=O)(=O)N(C)C)[C@@H](C(C)C)C2)n1.Cl. The van der Waals surface area contributed by atoms with E-state index in [4.69, 9.17) is 0 Å². The van der Waals surface area contributed by atoms with Crippen LogP contribution in [0, 0.1) is 30.1 Å². The van der Waals surface area contributed by atoms with E-state index in [1.807, 2.05) is 17.9 Å². The molecular formula is C16H26ClN5O2S. The van der Waals surface area contributed by atoms with Crippen LogP contribution in [0.15, 0.2) is 12.1 Å². The Kier molecular flexibility index (Phi) is 7.20. The first-order valence-corrected chi connectivity index (χ1v) is 9.42. The van der Waals surface area contributed by atoms with Crippen LogP contribution in [0.5, 0.6) is 0 Å². The summed E-state index contributed by atoms with van der Waals surface area (Å²) >= 11 is 0. The number of nitrogens with zero attached hydrogens (tertiary/aromatic N) is 4. The fraction of sp³-hybridized carbons (Fsp3) is 0.625. The van der Waals surface area contributed by atoms with Crippen LogP contribution in [0.25, 0.3) is 0 Å². The summed E-state index contributed by atoms with van der Waals surface area (Å²) in [5, 5.41) is 9.34. The van der Waals surface area contributed by atoms with Crippen LogP contribution in [-0.2, 0) is 10.2 Å². The molecule has 2 heterocycles. The Morgan fingerprint density at radius 2 is 2.00 bits per heavy atom. The molecule has 0 radical (unpaired) electrons. The van der Waals surface area contributed by atoms with Gasteiger partial charge in [-0.2, -0.15) is 22.7 Å². The molecule has 0 aliphatic carbocycles. The normalized spacial score (nSPS) is 20.6. The van der Waals surface area contributed by atoms with Gasteiger partial charge in [-0.15, -0.1) is 12.4 Å². The maximum absolute atomic E-state index is 12.2. The minimum atomic E-state index is -3.51. The van der Waals surface area contributed by atoms with E-state index >= 15 is 0 Å². The number of halogens is 1. The lowest BCUT2D eigenvalue weighted by molar-refractivity contribution is 0.358. The number of hydrogen-bond donors (Lipinski definition) is 1. The minimum absolute atomic E-state index is 0. The summed E-state index contributed by atoms with van der Waals surface area (Å²) in [4.78, 5) is 6.51. The zero-order valence-electron chi connectivity index (χ0n) is 15.2. The second-order valence-corrected chi connectivity index (χ2v) is 8.68. The summed E-state index contributed by atoms with van der Waals surface area (Å²) < 4.78 is 28.4. The zero-order valence-corrected chi connectivity index (χ0v) is 16.9. The van der Waals surface area contributed by atoms with Crippen molar-refractivity contribution in [1.29, 1.82) is 5.26 Å². The maximum Gasteiger partial charge on any atom is 0.279 e. The van der Waals surface area contributed by atoms with Crippen molar-refractivity contribution in [2.45, 2.75) is 26.8 Å². The number of rotatable bonds is 5. The van der Waals surface area contributed by atoms with Gasteiger partial charge in [0.1, 0.15) is 11.9 Å². The molecule has 1 aliphatic rings. The van der Waals surface area contributed by atoms with E-state index in [0.29, 0.717) is 30.4 Å². The van der Waals surface area contributed by atoms with Crippen LogP contribution >= 0.6 is 12.4 Å². The average molecular weight is 388 g/mol. The molecule has 9 heteroatoms. The Morgan fingerprint density at radius 3 is 2.52 bits per heavy atom. The third-order valence-electron chi connectivity index (χ3n) is 4.44. The van der Waals surface area contributed by atoms with Gasteiger partial charge in [-0.1, -0.05) is 13.8 Å². The molecule has 0 unspecified atom stereocenters. The second kappa shape index (κ2) is 8.32. The number of pyridine rings is 1. The lowest BCUT2D eigenvalue weighted by Crippen LogP contribution is -2.46. The van der Waals surface area contributed by atoms with Gasteiger partial charge in [-0.3, -0.25) is 0 Å². The van der Waals surface area contributed by atoms with E-state index in [-0.39, 0.29) is 24.4 Å². The Bertz CT molecular complexity index is 745. The van der Waals surface area contributed by atoms with Crippen molar-refractivity contribution < 1.29 is 8.42 Å². The first-order valence-electron chi connectivity index (χ1n) is 7.98. The molecule has 0 saturated carbocycles. The quantitative estimate of drug-likeness (QED) is 0.827. The lowest BCUT2D eigenvalue weighted by Gasteiger charge is -2.24. The molecule has 7 nitrogen and oxygen atoms in total. The van der Waals surface area contributed by atoms with Gasteiger partial charge in [0.05, 0.1) is 5.56 Å². The molecule has 1 N–H and O–H groups in total. The van der Waals surface area contributed by atoms with E-state index in [9.17, 15) is 13.7 Å². The Morgan fingerprint density at radius 1 is 1.36 bits per heavy atom. The highest BCUT2D eigenvalue weighted by molar-refractivity contribution is 7.87. The van der Waals surface area contributed by atoms with Gasteiger partial charge in [0.15, 0.2) is 0 Å². The zero-order chi connectivity index (χ0) is 18.1. The molecule has 0 amide bonds. The van der Waals surface area contributed by atoms with Crippen LogP contribution in [-0.4, -0.2) is 50.9 Å². The molecular weight excluding hydrogens is 362 g/mol. The molecule has 1 aliphatic heterocycles. The lowest BCUT2D eigenvalue weighted by atomic mass is 9.92. The van der Waals surface area contributed by atoms with Crippen molar-refractivity contribution in [3.63, 3.8) is 0 Å². The Balaban J connectivity index is 0.00000312. The third-order valence-corrected chi connectivity index (χ3v) is 6.00. The molecule has 140 valence electrons. The van der Waals surface area contributed by atoms with Gasteiger partial charge in [0, 0.05) is 38.9 Å². The van der Waals surface area contributed by atoms with Crippen molar-refractivity contribution in [2.75, 3.05) is 32.1 Å². The summed E-state index contributed by atoms with van der Waals surface area (Å²) in [6, 6.07) is 5.53. The van der Waals surface area contributed by atoms with Crippen molar-refractivity contribution in [2.24, 2.45) is 11.8 Å². The molecule has 1 saturated heterocycles. The standard InChI is InChI=1S/C16H25N5O2S.ClH/c1-11(2)14-9-21(10-15(14)19-24(22,23)20(4)5)16-13(8-17)7-6-12(3)18-16;/h6-7,11,14-15,19H,9-10H2,1-5H3;1H/t14-,15+;/m1./s1. The average Bonchev–Trinajstić information content (AvgIpc) is 2.90. The van der Waals surface area contributed by atoms with Crippen LogP contribution < -0.4 is 9.62 Å². The minimum Gasteiger partial charge on any atom is -0.354 e. The molecule has 2 atom stereocenters. The summed E-state index contributed by atoms with van der Waals surface area (Å²) in [6.45, 7) is 7.22. The Labute approximate surface area is 156 Å². The number of aromatic nitrogens is 1. The van der Waals surface area contributed by atoms with Gasteiger partial charge in [-0.05, 0) is 30.9 Å². The number of nitrogens with one attached hydrogen (secondary N) is 1. The van der Waals surface area contributed by atoms with Gasteiger partial charge in [0.2, 0.25) is 0 Å². The smallest absolute Gasteiger partial charge is 0.279 e. The third kappa shape index (κ3) is 4.82. The second-order valence-electron chi connectivity index (χ2n) is 6.76. The first-order chi connectivity index (χ1) is 11.2. The Hall–Kier alpha value is -1.40. The topological polar surface area (TPSA) is 89.3 Å². The molecule has 1 aromatic rings. The highest BCUT2D eigenvalue weighted by Crippen LogP contribution is 2.30. The largest absolute Gasteiger partial charge is 0.354 e. The van der Waals surface area contributed by atoms with E-state index < -0.39 is 10.2 Å². The van der Waals surface area contributed by atoms with Crippen LogP contribution in [0.3, 0.4) is 0 Å². The fourth-order valence-electron chi connectivity index (χ4n) is 2.97. The van der Waals surface area contributed by atoms with Crippen LogP contribution in [0.1, 0.15) is 25.1 Å². The predicted molar refractivity (Wildman–Crippen MR) is 101 cm³/mol. The van der Waals surface area contributed by atoms with Crippen molar-refractivity contribution >= 4 is 28.4 Å². The molecule has 25 heavy (non-hydrogen) atoms. The van der Waals surface area contributed by atoms with Crippen LogP contribution in [0.2, 0.25) is 0 Å². The number of nitriles is 1.